The van der Waals surface area contributed by atoms with Crippen molar-refractivity contribution >= 4 is 0 Å². The van der Waals surface area contributed by atoms with Gasteiger partial charge in [-0.15, -0.1) is 0 Å². The van der Waals surface area contributed by atoms with Crippen LogP contribution < -0.4 is 0 Å². The molecular formula is C20H37F. The van der Waals surface area contributed by atoms with Crippen molar-refractivity contribution in [2.24, 2.45) is 23.7 Å². The molecule has 0 aromatic carbocycles. The van der Waals surface area contributed by atoms with Gasteiger partial charge in [0, 0.05) is 0 Å². The minimum absolute atomic E-state index is 0.395. The molecule has 0 aliphatic heterocycles. The van der Waals surface area contributed by atoms with Crippen LogP contribution in [0.15, 0.2) is 0 Å². The van der Waals surface area contributed by atoms with E-state index in [0.29, 0.717) is 11.8 Å². The van der Waals surface area contributed by atoms with E-state index in [1.54, 1.807) is 0 Å². The summed E-state index contributed by atoms with van der Waals surface area (Å²) in [5, 5.41) is 0. The summed E-state index contributed by atoms with van der Waals surface area (Å²) in [5.41, 5.74) is 0. The van der Waals surface area contributed by atoms with Crippen LogP contribution in [-0.2, 0) is 0 Å². The zero-order chi connectivity index (χ0) is 15.1. The van der Waals surface area contributed by atoms with Gasteiger partial charge >= 0.3 is 0 Å². The fourth-order valence-corrected chi connectivity index (χ4v) is 4.92. The number of hydrogen-bond donors (Lipinski definition) is 0. The SMILES string of the molecule is CCC[C@H]1CC[C@H](CC(F)[C@H]2CC[C@H](CCC)CC2)CC1. The monoisotopic (exact) mass is 296 g/mol. The van der Waals surface area contributed by atoms with Gasteiger partial charge in [-0.05, 0) is 42.9 Å². The topological polar surface area (TPSA) is 0 Å². The number of alkyl halides is 1. The lowest BCUT2D eigenvalue weighted by Crippen LogP contribution is -2.26. The van der Waals surface area contributed by atoms with Crippen LogP contribution >= 0.6 is 0 Å². The van der Waals surface area contributed by atoms with Crippen molar-refractivity contribution in [2.75, 3.05) is 0 Å². The Morgan fingerprint density at radius 1 is 0.714 bits per heavy atom. The van der Waals surface area contributed by atoms with E-state index in [-0.39, 0.29) is 0 Å². The molecule has 0 radical (unpaired) electrons. The number of hydrogen-bond acceptors (Lipinski definition) is 0. The molecule has 0 aromatic rings. The van der Waals surface area contributed by atoms with E-state index in [0.717, 1.165) is 31.1 Å². The quantitative estimate of drug-likeness (QED) is 0.478. The molecule has 0 nitrogen and oxygen atoms in total. The molecule has 1 heteroatoms. The summed E-state index contributed by atoms with van der Waals surface area (Å²) in [6.07, 6.45) is 16.0. The van der Waals surface area contributed by atoms with Gasteiger partial charge in [-0.1, -0.05) is 78.1 Å². The molecule has 21 heavy (non-hydrogen) atoms. The second kappa shape index (κ2) is 9.16. The Labute approximate surface area is 132 Å². The van der Waals surface area contributed by atoms with E-state index < -0.39 is 6.17 Å². The minimum atomic E-state index is -0.500. The van der Waals surface area contributed by atoms with Crippen molar-refractivity contribution in [3.8, 4) is 0 Å². The molecule has 1 atom stereocenters. The molecule has 0 saturated heterocycles. The van der Waals surface area contributed by atoms with E-state index in [9.17, 15) is 4.39 Å². The summed E-state index contributed by atoms with van der Waals surface area (Å²) in [6, 6.07) is 0. The van der Waals surface area contributed by atoms with Crippen LogP contribution in [0.3, 0.4) is 0 Å². The molecule has 2 aliphatic carbocycles. The molecule has 1 unspecified atom stereocenters. The van der Waals surface area contributed by atoms with Gasteiger partial charge < -0.3 is 0 Å². The van der Waals surface area contributed by atoms with Crippen molar-refractivity contribution in [3.63, 3.8) is 0 Å². The van der Waals surface area contributed by atoms with Gasteiger partial charge in [-0.3, -0.25) is 0 Å². The second-order valence-electron chi connectivity index (χ2n) is 8.00. The van der Waals surface area contributed by atoms with Gasteiger partial charge in [0.05, 0.1) is 0 Å². The van der Waals surface area contributed by atoms with Crippen LogP contribution in [-0.4, -0.2) is 6.17 Å². The molecule has 2 saturated carbocycles. The maximum absolute atomic E-state index is 14.6. The van der Waals surface area contributed by atoms with Gasteiger partial charge in [-0.2, -0.15) is 0 Å². The van der Waals surface area contributed by atoms with Crippen LogP contribution in [0.1, 0.15) is 97.3 Å². The summed E-state index contributed by atoms with van der Waals surface area (Å²) in [6.45, 7) is 4.57. The first-order chi connectivity index (χ1) is 10.2. The smallest absolute Gasteiger partial charge is 0.103 e. The van der Waals surface area contributed by atoms with E-state index >= 15 is 0 Å². The van der Waals surface area contributed by atoms with Gasteiger partial charge in [0.2, 0.25) is 0 Å². The van der Waals surface area contributed by atoms with Crippen molar-refractivity contribution in [3.05, 3.63) is 0 Å². The van der Waals surface area contributed by atoms with Crippen molar-refractivity contribution in [1.82, 2.24) is 0 Å². The zero-order valence-corrected chi connectivity index (χ0v) is 14.5. The Morgan fingerprint density at radius 2 is 1.14 bits per heavy atom. The van der Waals surface area contributed by atoms with Crippen LogP contribution in [0.25, 0.3) is 0 Å². The van der Waals surface area contributed by atoms with Crippen LogP contribution in [0.2, 0.25) is 0 Å². The van der Waals surface area contributed by atoms with Gasteiger partial charge in [0.1, 0.15) is 6.17 Å². The molecule has 0 N–H and O–H groups in total. The molecule has 0 amide bonds. The first-order valence-electron chi connectivity index (χ1n) is 9.86. The zero-order valence-electron chi connectivity index (χ0n) is 14.5. The van der Waals surface area contributed by atoms with E-state index in [1.807, 2.05) is 0 Å². The molecule has 0 bridgehead atoms. The first-order valence-corrected chi connectivity index (χ1v) is 9.86. The van der Waals surface area contributed by atoms with Crippen molar-refractivity contribution in [1.29, 1.82) is 0 Å². The standard InChI is InChI=1S/C20H37F/c1-3-5-16-7-9-18(10-8-16)15-20(21)19-13-11-17(6-4-2)12-14-19/h16-20H,3-15H2,1-2H3/t16-,17-,18-,19-,20?. The van der Waals surface area contributed by atoms with Crippen molar-refractivity contribution in [2.45, 2.75) is 103 Å². The van der Waals surface area contributed by atoms with Gasteiger partial charge in [-0.25, -0.2) is 4.39 Å². The highest BCUT2D eigenvalue weighted by molar-refractivity contribution is 4.81. The summed E-state index contributed by atoms with van der Waals surface area (Å²) >= 11 is 0. The highest BCUT2D eigenvalue weighted by Crippen LogP contribution is 2.39. The van der Waals surface area contributed by atoms with Crippen LogP contribution in [0.5, 0.6) is 0 Å². The lowest BCUT2D eigenvalue weighted by atomic mass is 9.73. The summed E-state index contributed by atoms with van der Waals surface area (Å²) in [7, 11) is 0. The molecule has 124 valence electrons. The molecule has 2 aliphatic rings. The predicted octanol–water partition coefficient (Wildman–Crippen LogP) is 6.93. The molecule has 0 spiro atoms. The lowest BCUT2D eigenvalue weighted by molar-refractivity contribution is 0.113. The molecule has 2 fully saturated rings. The third-order valence-corrected chi connectivity index (χ3v) is 6.32. The Hall–Kier alpha value is -0.0700. The Morgan fingerprint density at radius 3 is 1.62 bits per heavy atom. The fourth-order valence-electron chi connectivity index (χ4n) is 4.92. The summed E-state index contributed by atoms with van der Waals surface area (Å²) < 4.78 is 14.6. The summed E-state index contributed by atoms with van der Waals surface area (Å²) in [4.78, 5) is 0. The van der Waals surface area contributed by atoms with E-state index in [2.05, 4.69) is 13.8 Å². The Kier molecular flexibility index (Phi) is 7.54. The maximum atomic E-state index is 14.6. The highest BCUT2D eigenvalue weighted by atomic mass is 19.1. The molecule has 0 aromatic heterocycles. The van der Waals surface area contributed by atoms with Crippen LogP contribution in [0, 0.1) is 23.7 Å². The van der Waals surface area contributed by atoms with E-state index in [1.165, 1.54) is 64.2 Å². The number of halogens is 1. The Balaban J connectivity index is 1.65. The molecule has 2 rings (SSSR count). The third kappa shape index (κ3) is 5.57. The van der Waals surface area contributed by atoms with Crippen molar-refractivity contribution < 1.29 is 4.39 Å². The normalized spacial score (nSPS) is 35.6. The number of rotatable bonds is 7. The third-order valence-electron chi connectivity index (χ3n) is 6.32. The fraction of sp³-hybridized carbons (Fsp3) is 1.00. The van der Waals surface area contributed by atoms with Gasteiger partial charge in [0.25, 0.3) is 0 Å². The highest BCUT2D eigenvalue weighted by Gasteiger charge is 2.30. The predicted molar refractivity (Wildman–Crippen MR) is 90.2 cm³/mol. The second-order valence-corrected chi connectivity index (χ2v) is 8.00. The lowest BCUT2D eigenvalue weighted by Gasteiger charge is -2.34. The minimum Gasteiger partial charge on any atom is -0.247 e. The average Bonchev–Trinajstić information content (AvgIpc) is 2.50. The summed E-state index contributed by atoms with van der Waals surface area (Å²) in [5.74, 6) is 2.95. The molecular weight excluding hydrogens is 259 g/mol. The van der Waals surface area contributed by atoms with Gasteiger partial charge in [0.15, 0.2) is 0 Å². The maximum Gasteiger partial charge on any atom is 0.103 e. The van der Waals surface area contributed by atoms with E-state index in [4.69, 9.17) is 0 Å². The average molecular weight is 297 g/mol. The largest absolute Gasteiger partial charge is 0.247 e. The molecule has 0 heterocycles. The Bertz CT molecular complexity index is 259. The first kappa shape index (κ1) is 17.3. The van der Waals surface area contributed by atoms with Crippen LogP contribution in [0.4, 0.5) is 4.39 Å².